The van der Waals surface area contributed by atoms with Crippen LogP contribution in [0.25, 0.3) is 6.08 Å². The molecule has 0 aliphatic carbocycles. The number of anilines is 1. The number of carbonyl (C=O) groups excluding carboxylic acids is 2. The van der Waals surface area contributed by atoms with Crippen LogP contribution in [0.3, 0.4) is 0 Å². The molecule has 8 heteroatoms. The molecule has 2 N–H and O–H groups in total. The summed E-state index contributed by atoms with van der Waals surface area (Å²) in [5.74, 6) is 0.140. The van der Waals surface area contributed by atoms with Crippen LogP contribution >= 0.6 is 24.0 Å². The highest BCUT2D eigenvalue weighted by atomic mass is 32.2. The quantitative estimate of drug-likeness (QED) is 0.535. The molecule has 1 aliphatic heterocycles. The van der Waals surface area contributed by atoms with Crippen molar-refractivity contribution < 1.29 is 19.1 Å². The molecule has 0 saturated carbocycles. The Morgan fingerprint density at radius 1 is 1.21 bits per heavy atom. The Hall–Kier alpha value is -2.84. The molecular formula is C21H20N2O4S2. The van der Waals surface area contributed by atoms with E-state index in [4.69, 9.17) is 27.4 Å². The molecular weight excluding hydrogens is 408 g/mol. The molecule has 0 aromatic heterocycles. The highest BCUT2D eigenvalue weighted by Crippen LogP contribution is 2.37. The number of nitrogens with zero attached hydrogens (tertiary/aromatic N) is 1. The Morgan fingerprint density at radius 2 is 2.00 bits per heavy atom. The Kier molecular flexibility index (Phi) is 6.56. The highest BCUT2D eigenvalue weighted by Gasteiger charge is 2.33. The van der Waals surface area contributed by atoms with Gasteiger partial charge in [0.15, 0.2) is 22.4 Å². The van der Waals surface area contributed by atoms with Crippen molar-refractivity contribution in [2.75, 3.05) is 18.1 Å². The first-order valence-corrected chi connectivity index (χ1v) is 10.1. The molecule has 3 rings (SSSR count). The first-order chi connectivity index (χ1) is 13.9. The number of ether oxygens (including phenoxy) is 2. The van der Waals surface area contributed by atoms with Gasteiger partial charge in [-0.3, -0.25) is 14.5 Å². The van der Waals surface area contributed by atoms with Crippen LogP contribution in [0.15, 0.2) is 47.4 Å². The Balaban J connectivity index is 1.87. The molecule has 0 atom stereocenters. The van der Waals surface area contributed by atoms with E-state index in [1.807, 2.05) is 38.1 Å². The highest BCUT2D eigenvalue weighted by molar-refractivity contribution is 8.27. The molecule has 1 aliphatic rings. The van der Waals surface area contributed by atoms with Gasteiger partial charge >= 0.3 is 0 Å². The van der Waals surface area contributed by atoms with Crippen molar-refractivity contribution >= 4 is 51.9 Å². The maximum Gasteiger partial charge on any atom is 0.270 e. The first kappa shape index (κ1) is 20.9. The molecule has 1 fully saturated rings. The lowest BCUT2D eigenvalue weighted by molar-refractivity contribution is -0.120. The first-order valence-electron chi connectivity index (χ1n) is 8.91. The van der Waals surface area contributed by atoms with Gasteiger partial charge in [-0.05, 0) is 55.3 Å². The second-order valence-corrected chi connectivity index (χ2v) is 7.93. The summed E-state index contributed by atoms with van der Waals surface area (Å²) >= 11 is 6.67. The van der Waals surface area contributed by atoms with Gasteiger partial charge in [0.1, 0.15) is 0 Å². The minimum Gasteiger partial charge on any atom is -0.490 e. The fraction of sp³-hybridized carbons (Fsp3) is 0.190. The van der Waals surface area contributed by atoms with Gasteiger partial charge in [-0.2, -0.15) is 0 Å². The average Bonchev–Trinajstić information content (AvgIpc) is 2.94. The van der Waals surface area contributed by atoms with E-state index in [9.17, 15) is 9.59 Å². The number of hydrogen-bond donors (Lipinski definition) is 1. The van der Waals surface area contributed by atoms with Gasteiger partial charge in [-0.1, -0.05) is 42.2 Å². The van der Waals surface area contributed by atoms with E-state index in [1.54, 1.807) is 24.3 Å². The van der Waals surface area contributed by atoms with Crippen molar-refractivity contribution in [3.05, 3.63) is 58.5 Å². The van der Waals surface area contributed by atoms with Crippen molar-refractivity contribution in [2.45, 2.75) is 13.8 Å². The topological polar surface area (TPSA) is 81.9 Å². The van der Waals surface area contributed by atoms with Crippen molar-refractivity contribution in [1.29, 1.82) is 0 Å². The van der Waals surface area contributed by atoms with Crippen LogP contribution < -0.4 is 20.1 Å². The fourth-order valence-corrected chi connectivity index (χ4v) is 4.06. The van der Waals surface area contributed by atoms with Crippen molar-refractivity contribution in [2.24, 2.45) is 5.73 Å². The van der Waals surface area contributed by atoms with Gasteiger partial charge in [0.05, 0.1) is 17.2 Å². The van der Waals surface area contributed by atoms with Gasteiger partial charge in [0, 0.05) is 0 Å². The molecule has 1 saturated heterocycles. The third-order valence-electron chi connectivity index (χ3n) is 3.99. The van der Waals surface area contributed by atoms with E-state index in [1.165, 1.54) is 16.7 Å². The van der Waals surface area contributed by atoms with E-state index in [-0.39, 0.29) is 12.5 Å². The van der Waals surface area contributed by atoms with Crippen molar-refractivity contribution in [3.63, 3.8) is 0 Å². The summed E-state index contributed by atoms with van der Waals surface area (Å²) in [5.41, 5.74) is 7.69. The molecule has 2 aromatic carbocycles. The summed E-state index contributed by atoms with van der Waals surface area (Å²) < 4.78 is 11.5. The molecule has 0 unspecified atom stereocenters. The predicted molar refractivity (Wildman–Crippen MR) is 119 cm³/mol. The standard InChI is InChI=1S/C21H20N2O4S2/c1-3-26-17-10-14(7-8-16(17)27-12-19(22)24)11-18-20(25)23(21(28)29-18)15-6-4-5-13(2)9-15/h4-11H,3,12H2,1-2H3,(H2,22,24)/b18-11+. The number of amides is 2. The fourth-order valence-electron chi connectivity index (χ4n) is 2.76. The Labute approximate surface area is 178 Å². The number of thiocarbonyl (C=S) groups is 1. The third-order valence-corrected chi connectivity index (χ3v) is 5.29. The Morgan fingerprint density at radius 3 is 2.69 bits per heavy atom. The zero-order valence-corrected chi connectivity index (χ0v) is 17.6. The second-order valence-electron chi connectivity index (χ2n) is 6.25. The number of aryl methyl sites for hydroxylation is 1. The number of thioether (sulfide) groups is 1. The predicted octanol–water partition coefficient (Wildman–Crippen LogP) is 3.66. The molecule has 0 bridgehead atoms. The van der Waals surface area contributed by atoms with Crippen molar-refractivity contribution in [3.8, 4) is 11.5 Å². The summed E-state index contributed by atoms with van der Waals surface area (Å²) in [6.45, 7) is 3.99. The van der Waals surface area contributed by atoms with Gasteiger partial charge < -0.3 is 15.2 Å². The zero-order chi connectivity index (χ0) is 21.0. The van der Waals surface area contributed by atoms with Gasteiger partial charge in [-0.25, -0.2) is 0 Å². The SMILES string of the molecule is CCOc1cc(/C=C2/SC(=S)N(c3cccc(C)c3)C2=O)ccc1OCC(N)=O. The van der Waals surface area contributed by atoms with Gasteiger partial charge in [0.2, 0.25) is 0 Å². The van der Waals surface area contributed by atoms with Gasteiger partial charge in [0.25, 0.3) is 11.8 Å². The summed E-state index contributed by atoms with van der Waals surface area (Å²) in [7, 11) is 0. The summed E-state index contributed by atoms with van der Waals surface area (Å²) in [6, 6.07) is 12.9. The summed E-state index contributed by atoms with van der Waals surface area (Å²) in [4.78, 5) is 25.9. The smallest absolute Gasteiger partial charge is 0.270 e. The zero-order valence-electron chi connectivity index (χ0n) is 16.0. The number of hydrogen-bond acceptors (Lipinski definition) is 6. The minimum atomic E-state index is -0.573. The van der Waals surface area contributed by atoms with Crippen LogP contribution in [0.2, 0.25) is 0 Å². The number of rotatable bonds is 7. The van der Waals surface area contributed by atoms with E-state index in [0.29, 0.717) is 27.3 Å². The van der Waals surface area contributed by atoms with E-state index in [2.05, 4.69) is 0 Å². The molecule has 150 valence electrons. The second kappa shape index (κ2) is 9.11. The molecule has 1 heterocycles. The molecule has 2 aromatic rings. The van der Waals surface area contributed by atoms with Crippen LogP contribution in [0.4, 0.5) is 5.69 Å². The monoisotopic (exact) mass is 428 g/mol. The Bertz CT molecular complexity index is 1000. The molecule has 0 radical (unpaired) electrons. The van der Waals surface area contributed by atoms with E-state index >= 15 is 0 Å². The van der Waals surface area contributed by atoms with Crippen molar-refractivity contribution in [1.82, 2.24) is 0 Å². The maximum atomic E-state index is 12.9. The van der Waals surface area contributed by atoms with Crippen LogP contribution in [-0.4, -0.2) is 29.3 Å². The van der Waals surface area contributed by atoms with E-state index in [0.717, 1.165) is 16.8 Å². The molecule has 2 amide bonds. The lowest BCUT2D eigenvalue weighted by atomic mass is 10.1. The van der Waals surface area contributed by atoms with Crippen LogP contribution in [0, 0.1) is 6.92 Å². The average molecular weight is 429 g/mol. The van der Waals surface area contributed by atoms with E-state index < -0.39 is 5.91 Å². The third kappa shape index (κ3) is 4.96. The summed E-state index contributed by atoms with van der Waals surface area (Å²) in [6.07, 6.45) is 1.76. The molecule has 0 spiro atoms. The lowest BCUT2D eigenvalue weighted by Gasteiger charge is -2.15. The number of benzene rings is 2. The van der Waals surface area contributed by atoms with Gasteiger partial charge in [-0.15, -0.1) is 0 Å². The maximum absolute atomic E-state index is 12.9. The number of nitrogens with two attached hydrogens (primary N) is 1. The largest absolute Gasteiger partial charge is 0.490 e. The molecule has 6 nitrogen and oxygen atoms in total. The molecule has 29 heavy (non-hydrogen) atoms. The van der Waals surface area contributed by atoms with Crippen LogP contribution in [0.1, 0.15) is 18.1 Å². The lowest BCUT2D eigenvalue weighted by Crippen LogP contribution is -2.27. The van der Waals surface area contributed by atoms with Crippen LogP contribution in [-0.2, 0) is 9.59 Å². The van der Waals surface area contributed by atoms with Crippen LogP contribution in [0.5, 0.6) is 11.5 Å². The minimum absolute atomic E-state index is 0.169. The normalized spacial score (nSPS) is 15.1. The number of primary amides is 1. The summed E-state index contributed by atoms with van der Waals surface area (Å²) in [5, 5.41) is 0. The number of carbonyl (C=O) groups is 2.